The highest BCUT2D eigenvalue weighted by Gasteiger charge is 2.23. The van der Waals surface area contributed by atoms with Crippen LogP contribution in [-0.4, -0.2) is 47.5 Å². The minimum atomic E-state index is -0.343. The van der Waals surface area contributed by atoms with E-state index in [9.17, 15) is 14.4 Å². The van der Waals surface area contributed by atoms with Crippen molar-refractivity contribution in [1.29, 1.82) is 0 Å². The quantitative estimate of drug-likeness (QED) is 0.731. The molecular formula is C12H20N4O3. The number of hydrogen-bond acceptors (Lipinski definition) is 4. The third-order valence-corrected chi connectivity index (χ3v) is 2.39. The highest BCUT2D eigenvalue weighted by atomic mass is 16.2. The van der Waals surface area contributed by atoms with Gasteiger partial charge in [0.15, 0.2) is 0 Å². The van der Waals surface area contributed by atoms with Crippen LogP contribution in [-0.2, 0) is 14.4 Å². The first-order chi connectivity index (χ1) is 8.69. The summed E-state index contributed by atoms with van der Waals surface area (Å²) in [5, 5.41) is 6.48. The number of rotatable bonds is 3. The molecule has 7 nitrogen and oxygen atoms in total. The highest BCUT2D eigenvalue weighted by Crippen LogP contribution is 2.03. The van der Waals surface area contributed by atoms with Crippen molar-refractivity contribution in [1.82, 2.24) is 15.6 Å². The van der Waals surface area contributed by atoms with Gasteiger partial charge < -0.3 is 10.2 Å². The fourth-order valence-electron chi connectivity index (χ4n) is 1.59. The van der Waals surface area contributed by atoms with Crippen molar-refractivity contribution in [2.24, 2.45) is 5.10 Å². The zero-order valence-electron chi connectivity index (χ0n) is 11.7. The number of amides is 3. The summed E-state index contributed by atoms with van der Waals surface area (Å²) in [6, 6.07) is 0. The third kappa shape index (κ3) is 5.07. The van der Waals surface area contributed by atoms with Crippen LogP contribution in [0, 0.1) is 0 Å². The molecular weight excluding hydrogens is 248 g/mol. The van der Waals surface area contributed by atoms with Gasteiger partial charge in [0.2, 0.25) is 11.8 Å². The SMILES string of the molecule is CN(CC(=O)NC(C)(C)C)C(=O)C1=NNC(=O)CC1. The van der Waals surface area contributed by atoms with Crippen LogP contribution in [0.25, 0.3) is 0 Å². The van der Waals surface area contributed by atoms with Gasteiger partial charge in [-0.15, -0.1) is 0 Å². The molecule has 1 heterocycles. The number of nitrogens with zero attached hydrogens (tertiary/aromatic N) is 2. The van der Waals surface area contributed by atoms with E-state index >= 15 is 0 Å². The maximum absolute atomic E-state index is 12.0. The van der Waals surface area contributed by atoms with Gasteiger partial charge >= 0.3 is 0 Å². The molecule has 0 saturated heterocycles. The molecule has 0 spiro atoms. The van der Waals surface area contributed by atoms with E-state index in [1.165, 1.54) is 11.9 Å². The summed E-state index contributed by atoms with van der Waals surface area (Å²) >= 11 is 0. The monoisotopic (exact) mass is 268 g/mol. The van der Waals surface area contributed by atoms with Crippen LogP contribution in [0.15, 0.2) is 5.10 Å². The Hall–Kier alpha value is -1.92. The summed E-state index contributed by atoms with van der Waals surface area (Å²) in [5.41, 5.74) is 2.19. The zero-order valence-corrected chi connectivity index (χ0v) is 11.7. The molecule has 1 rings (SSSR count). The van der Waals surface area contributed by atoms with Crippen LogP contribution in [0.4, 0.5) is 0 Å². The second-order valence-corrected chi connectivity index (χ2v) is 5.55. The Morgan fingerprint density at radius 3 is 2.47 bits per heavy atom. The highest BCUT2D eigenvalue weighted by molar-refractivity contribution is 6.39. The molecule has 0 aromatic rings. The molecule has 0 radical (unpaired) electrons. The molecule has 0 aromatic heterocycles. The van der Waals surface area contributed by atoms with Gasteiger partial charge in [0, 0.05) is 25.4 Å². The molecule has 0 aromatic carbocycles. The van der Waals surface area contributed by atoms with Crippen molar-refractivity contribution in [2.75, 3.05) is 13.6 Å². The van der Waals surface area contributed by atoms with E-state index in [0.717, 1.165) is 0 Å². The topological polar surface area (TPSA) is 90.9 Å². The van der Waals surface area contributed by atoms with Crippen molar-refractivity contribution in [3.63, 3.8) is 0 Å². The molecule has 0 aliphatic carbocycles. The lowest BCUT2D eigenvalue weighted by Gasteiger charge is -2.24. The zero-order chi connectivity index (χ0) is 14.6. The Morgan fingerprint density at radius 2 is 2.00 bits per heavy atom. The summed E-state index contributed by atoms with van der Waals surface area (Å²) in [6.45, 7) is 5.57. The van der Waals surface area contributed by atoms with Gasteiger partial charge in [-0.25, -0.2) is 5.43 Å². The van der Waals surface area contributed by atoms with Crippen LogP contribution in [0.1, 0.15) is 33.6 Å². The van der Waals surface area contributed by atoms with Gasteiger partial charge in [0.25, 0.3) is 5.91 Å². The van der Waals surface area contributed by atoms with E-state index in [4.69, 9.17) is 0 Å². The molecule has 0 bridgehead atoms. The molecule has 0 atom stereocenters. The Labute approximate surface area is 112 Å². The van der Waals surface area contributed by atoms with Gasteiger partial charge in [0.05, 0.1) is 6.54 Å². The Balaban J connectivity index is 2.54. The Morgan fingerprint density at radius 1 is 1.37 bits per heavy atom. The second-order valence-electron chi connectivity index (χ2n) is 5.55. The molecule has 3 amide bonds. The Kier molecular flexibility index (Phi) is 4.63. The van der Waals surface area contributed by atoms with E-state index < -0.39 is 0 Å². The standard InChI is InChI=1S/C12H20N4O3/c1-12(2,3)13-10(18)7-16(4)11(19)8-5-6-9(17)15-14-8/h5-7H2,1-4H3,(H,13,18)(H,15,17). The number of carbonyl (C=O) groups is 3. The normalized spacial score (nSPS) is 15.4. The maximum atomic E-state index is 12.0. The minimum absolute atomic E-state index is 0.0386. The van der Waals surface area contributed by atoms with Gasteiger partial charge in [-0.2, -0.15) is 5.10 Å². The largest absolute Gasteiger partial charge is 0.350 e. The smallest absolute Gasteiger partial charge is 0.270 e. The number of hydrazone groups is 1. The lowest BCUT2D eigenvalue weighted by molar-refractivity contribution is -0.131. The number of nitrogens with one attached hydrogen (secondary N) is 2. The molecule has 2 N–H and O–H groups in total. The Bertz CT molecular complexity index is 423. The summed E-state index contributed by atoms with van der Waals surface area (Å²) in [4.78, 5) is 35.9. The third-order valence-electron chi connectivity index (χ3n) is 2.39. The van der Waals surface area contributed by atoms with E-state index in [1.807, 2.05) is 20.8 Å². The average Bonchev–Trinajstić information content (AvgIpc) is 2.26. The molecule has 1 aliphatic rings. The molecule has 106 valence electrons. The van der Waals surface area contributed by atoms with Gasteiger partial charge in [-0.1, -0.05) is 0 Å². The lowest BCUT2D eigenvalue weighted by atomic mass is 10.1. The summed E-state index contributed by atoms with van der Waals surface area (Å²) < 4.78 is 0. The lowest BCUT2D eigenvalue weighted by Crippen LogP contribution is -2.48. The number of carbonyl (C=O) groups excluding carboxylic acids is 3. The van der Waals surface area contributed by atoms with Crippen molar-refractivity contribution < 1.29 is 14.4 Å². The van der Waals surface area contributed by atoms with E-state index in [2.05, 4.69) is 15.8 Å². The van der Waals surface area contributed by atoms with Crippen LogP contribution in [0.2, 0.25) is 0 Å². The minimum Gasteiger partial charge on any atom is -0.350 e. The summed E-state index contributed by atoms with van der Waals surface area (Å²) in [6.07, 6.45) is 0.544. The van der Waals surface area contributed by atoms with Crippen molar-refractivity contribution in [3.05, 3.63) is 0 Å². The van der Waals surface area contributed by atoms with Crippen molar-refractivity contribution in [2.45, 2.75) is 39.2 Å². The van der Waals surface area contributed by atoms with Crippen LogP contribution in [0.5, 0.6) is 0 Å². The van der Waals surface area contributed by atoms with Gasteiger partial charge in [-0.3, -0.25) is 14.4 Å². The first-order valence-corrected chi connectivity index (χ1v) is 6.11. The predicted octanol–water partition coefficient (Wildman–Crippen LogP) is -0.374. The van der Waals surface area contributed by atoms with Crippen LogP contribution < -0.4 is 10.7 Å². The molecule has 0 fully saturated rings. The van der Waals surface area contributed by atoms with Crippen molar-refractivity contribution >= 4 is 23.4 Å². The van der Waals surface area contributed by atoms with Gasteiger partial charge in [0.1, 0.15) is 5.71 Å². The molecule has 1 aliphatic heterocycles. The predicted molar refractivity (Wildman–Crippen MR) is 70.3 cm³/mol. The van der Waals surface area contributed by atoms with Crippen molar-refractivity contribution in [3.8, 4) is 0 Å². The summed E-state index contributed by atoms with van der Waals surface area (Å²) in [5.74, 6) is -0.780. The number of hydrogen-bond donors (Lipinski definition) is 2. The first kappa shape index (κ1) is 15.1. The maximum Gasteiger partial charge on any atom is 0.270 e. The fraction of sp³-hybridized carbons (Fsp3) is 0.667. The van der Waals surface area contributed by atoms with Crippen LogP contribution in [0.3, 0.4) is 0 Å². The van der Waals surface area contributed by atoms with E-state index in [-0.39, 0.29) is 41.9 Å². The van der Waals surface area contributed by atoms with E-state index in [1.54, 1.807) is 0 Å². The molecule has 19 heavy (non-hydrogen) atoms. The second kappa shape index (κ2) is 5.81. The van der Waals surface area contributed by atoms with Gasteiger partial charge in [-0.05, 0) is 20.8 Å². The molecule has 0 unspecified atom stereocenters. The first-order valence-electron chi connectivity index (χ1n) is 6.11. The number of likely N-dealkylation sites (N-methyl/N-ethyl adjacent to an activating group) is 1. The average molecular weight is 268 g/mol. The van der Waals surface area contributed by atoms with Crippen LogP contribution >= 0.6 is 0 Å². The molecule has 0 saturated carbocycles. The van der Waals surface area contributed by atoms with E-state index in [0.29, 0.717) is 6.42 Å². The fourth-order valence-corrected chi connectivity index (χ4v) is 1.59. The molecule has 7 heteroatoms. The summed E-state index contributed by atoms with van der Waals surface area (Å²) in [7, 11) is 1.53.